The van der Waals surface area contributed by atoms with Crippen LogP contribution in [0, 0.1) is 0 Å². The van der Waals surface area contributed by atoms with Crippen molar-refractivity contribution in [3.05, 3.63) is 146 Å². The summed E-state index contributed by atoms with van der Waals surface area (Å²) < 4.78 is 12.6. The number of rotatable bonds is 4. The monoisotopic (exact) mass is 616 g/mol. The number of fused-ring (bicyclic) bond motifs is 7. The lowest BCUT2D eigenvalue weighted by atomic mass is 10.0. The van der Waals surface area contributed by atoms with E-state index in [0.29, 0.717) is 23.2 Å². The molecule has 0 saturated carbocycles. The predicted octanol–water partition coefficient (Wildman–Crippen LogP) is 10.9. The van der Waals surface area contributed by atoms with Crippen LogP contribution < -0.4 is 0 Å². The van der Waals surface area contributed by atoms with Crippen molar-refractivity contribution < 1.29 is 8.83 Å². The molecule has 6 aromatic carbocycles. The van der Waals surface area contributed by atoms with Crippen LogP contribution in [0.3, 0.4) is 0 Å². The highest BCUT2D eigenvalue weighted by atomic mass is 16.3. The Morgan fingerprint density at radius 2 is 1.02 bits per heavy atom. The summed E-state index contributed by atoms with van der Waals surface area (Å²) in [5.74, 6) is 1.66. The maximum Gasteiger partial charge on any atom is 0.228 e. The Hall–Kier alpha value is -6.66. The zero-order valence-corrected chi connectivity index (χ0v) is 25.5. The van der Waals surface area contributed by atoms with Crippen molar-refractivity contribution in [1.82, 2.24) is 19.9 Å². The summed E-state index contributed by atoms with van der Waals surface area (Å²) in [6.45, 7) is 0. The highest BCUT2D eigenvalue weighted by Crippen LogP contribution is 2.40. The molecule has 4 heterocycles. The molecule has 0 spiro atoms. The van der Waals surface area contributed by atoms with Crippen LogP contribution in [-0.4, -0.2) is 19.9 Å². The maximum absolute atomic E-state index is 6.39. The molecule has 6 heteroatoms. The minimum absolute atomic E-state index is 0.531. The predicted molar refractivity (Wildman–Crippen MR) is 191 cm³/mol. The average Bonchev–Trinajstić information content (AvgIpc) is 3.73. The van der Waals surface area contributed by atoms with Crippen molar-refractivity contribution in [3.63, 3.8) is 0 Å². The van der Waals surface area contributed by atoms with Crippen molar-refractivity contribution in [1.29, 1.82) is 0 Å². The van der Waals surface area contributed by atoms with Gasteiger partial charge in [-0.15, -0.1) is 0 Å². The highest BCUT2D eigenvalue weighted by molar-refractivity contribution is 6.13. The smallest absolute Gasteiger partial charge is 0.228 e. The summed E-state index contributed by atoms with van der Waals surface area (Å²) in [5.41, 5.74) is 7.21. The molecule has 48 heavy (non-hydrogen) atoms. The van der Waals surface area contributed by atoms with Gasteiger partial charge in [0.1, 0.15) is 16.7 Å². The fourth-order valence-corrected chi connectivity index (χ4v) is 6.69. The second kappa shape index (κ2) is 10.4. The van der Waals surface area contributed by atoms with Crippen LogP contribution in [-0.2, 0) is 0 Å². The molecule has 0 N–H and O–H groups in total. The van der Waals surface area contributed by atoms with Gasteiger partial charge in [-0.25, -0.2) is 19.9 Å². The standard InChI is InChI=1S/C42H24N4O2/c1-2-12-26(13-3-1)39-44-40(31-17-10-20-36-37(31)29-15-6-8-18-34(29)47-36)46-41(45-39)32-24-33(28-22-21-25-11-4-5-14-27(25)23-28)43-42-38(32)30-16-7-9-19-35(30)48-42/h1-24H. The van der Waals surface area contributed by atoms with Crippen LogP contribution in [0.2, 0.25) is 0 Å². The van der Waals surface area contributed by atoms with Gasteiger partial charge in [-0.1, -0.05) is 115 Å². The third kappa shape index (κ3) is 4.20. The Labute approximate surface area is 274 Å². The van der Waals surface area contributed by atoms with E-state index in [2.05, 4.69) is 54.6 Å². The Morgan fingerprint density at radius 1 is 0.375 bits per heavy atom. The minimum Gasteiger partial charge on any atom is -0.456 e. The van der Waals surface area contributed by atoms with Gasteiger partial charge in [-0.2, -0.15) is 0 Å². The van der Waals surface area contributed by atoms with E-state index in [9.17, 15) is 0 Å². The molecule has 0 aliphatic carbocycles. The molecule has 0 atom stereocenters. The molecule has 0 saturated heterocycles. The van der Waals surface area contributed by atoms with Gasteiger partial charge in [-0.3, -0.25) is 0 Å². The first kappa shape index (κ1) is 26.5. The largest absolute Gasteiger partial charge is 0.456 e. The van der Waals surface area contributed by atoms with Crippen molar-refractivity contribution in [3.8, 4) is 45.4 Å². The van der Waals surface area contributed by atoms with E-state index in [-0.39, 0.29) is 0 Å². The van der Waals surface area contributed by atoms with Gasteiger partial charge in [-0.05, 0) is 41.1 Å². The zero-order valence-electron chi connectivity index (χ0n) is 25.5. The Bertz CT molecular complexity index is 2850. The maximum atomic E-state index is 6.39. The normalized spacial score (nSPS) is 11.8. The van der Waals surface area contributed by atoms with E-state index in [1.165, 1.54) is 5.39 Å². The second-order valence-corrected chi connectivity index (χ2v) is 11.8. The molecular weight excluding hydrogens is 592 g/mol. The van der Waals surface area contributed by atoms with E-state index in [1.807, 2.05) is 91.0 Å². The van der Waals surface area contributed by atoms with Crippen molar-refractivity contribution in [2.45, 2.75) is 0 Å². The van der Waals surface area contributed by atoms with Gasteiger partial charge in [0.05, 0.1) is 11.1 Å². The SMILES string of the molecule is c1ccc(-c2nc(-c3cccc4oc5ccccc5c34)nc(-c3cc(-c4ccc5ccccc5c4)nc4oc5ccccc5c34)n2)cc1. The molecule has 0 aliphatic heterocycles. The molecule has 0 radical (unpaired) electrons. The number of nitrogens with zero attached hydrogens (tertiary/aromatic N) is 4. The van der Waals surface area contributed by atoms with Crippen LogP contribution in [0.1, 0.15) is 0 Å². The fraction of sp³-hybridized carbons (Fsp3) is 0. The number of furan rings is 2. The Morgan fingerprint density at radius 3 is 1.85 bits per heavy atom. The summed E-state index contributed by atoms with van der Waals surface area (Å²) in [6.07, 6.45) is 0. The van der Waals surface area contributed by atoms with Gasteiger partial charge in [0.25, 0.3) is 0 Å². The summed E-state index contributed by atoms with van der Waals surface area (Å²) in [6, 6.07) is 48.9. The molecular formula is C42H24N4O2. The van der Waals surface area contributed by atoms with E-state index >= 15 is 0 Å². The van der Waals surface area contributed by atoms with Gasteiger partial charge in [0.15, 0.2) is 17.5 Å². The topological polar surface area (TPSA) is 77.8 Å². The molecule has 0 bridgehead atoms. The molecule has 0 fully saturated rings. The van der Waals surface area contributed by atoms with Gasteiger partial charge in [0.2, 0.25) is 5.71 Å². The highest BCUT2D eigenvalue weighted by Gasteiger charge is 2.22. The van der Waals surface area contributed by atoms with Crippen LogP contribution in [0.5, 0.6) is 0 Å². The summed E-state index contributed by atoms with van der Waals surface area (Å²) in [5, 5.41) is 6.09. The molecule has 10 rings (SSSR count). The number of hydrogen-bond acceptors (Lipinski definition) is 6. The summed E-state index contributed by atoms with van der Waals surface area (Å²) in [7, 11) is 0. The number of benzene rings is 6. The van der Waals surface area contributed by atoms with Gasteiger partial charge >= 0.3 is 0 Å². The molecule has 0 aliphatic rings. The Balaban J connectivity index is 1.29. The fourth-order valence-electron chi connectivity index (χ4n) is 6.69. The zero-order chi connectivity index (χ0) is 31.6. The summed E-state index contributed by atoms with van der Waals surface area (Å²) in [4.78, 5) is 20.5. The van der Waals surface area contributed by atoms with Crippen molar-refractivity contribution >= 4 is 54.8 Å². The van der Waals surface area contributed by atoms with E-state index < -0.39 is 0 Å². The Kier molecular flexibility index (Phi) is 5.77. The van der Waals surface area contributed by atoms with Gasteiger partial charge < -0.3 is 8.83 Å². The van der Waals surface area contributed by atoms with E-state index in [4.69, 9.17) is 28.8 Å². The number of hydrogen-bond donors (Lipinski definition) is 0. The number of aromatic nitrogens is 4. The molecule has 6 nitrogen and oxygen atoms in total. The third-order valence-corrected chi connectivity index (χ3v) is 8.95. The molecule has 224 valence electrons. The molecule has 4 aromatic heterocycles. The molecule has 0 amide bonds. The van der Waals surface area contributed by atoms with Gasteiger partial charge in [0, 0.05) is 38.4 Å². The molecule has 0 unspecified atom stereocenters. The first-order chi connectivity index (χ1) is 23.8. The van der Waals surface area contributed by atoms with E-state index in [1.54, 1.807) is 0 Å². The van der Waals surface area contributed by atoms with Crippen LogP contribution in [0.15, 0.2) is 154 Å². The van der Waals surface area contributed by atoms with Crippen molar-refractivity contribution in [2.24, 2.45) is 0 Å². The number of para-hydroxylation sites is 2. The molecule has 10 aromatic rings. The average molecular weight is 617 g/mol. The lowest BCUT2D eigenvalue weighted by Crippen LogP contribution is -2.01. The van der Waals surface area contributed by atoms with E-state index in [0.717, 1.165) is 71.6 Å². The first-order valence-corrected chi connectivity index (χ1v) is 15.8. The summed E-state index contributed by atoms with van der Waals surface area (Å²) >= 11 is 0. The van der Waals surface area contributed by atoms with Crippen LogP contribution >= 0.6 is 0 Å². The van der Waals surface area contributed by atoms with Crippen molar-refractivity contribution in [2.75, 3.05) is 0 Å². The van der Waals surface area contributed by atoms with Crippen LogP contribution in [0.25, 0.3) is 100 Å². The second-order valence-electron chi connectivity index (χ2n) is 11.8. The number of pyridine rings is 1. The minimum atomic E-state index is 0.531. The first-order valence-electron chi connectivity index (χ1n) is 15.8. The lowest BCUT2D eigenvalue weighted by molar-refractivity contribution is 0.654. The van der Waals surface area contributed by atoms with Crippen LogP contribution in [0.4, 0.5) is 0 Å². The lowest BCUT2D eigenvalue weighted by Gasteiger charge is -2.11. The quantitative estimate of drug-likeness (QED) is 0.196. The third-order valence-electron chi connectivity index (χ3n) is 8.95.